The van der Waals surface area contributed by atoms with Gasteiger partial charge in [0, 0.05) is 0 Å². The molecular formula is C8H12F3NO2. The quantitative estimate of drug-likeness (QED) is 0.695. The SMILES string of the molecule is CCOC(=O)[C@@H]1NCC[C@@H]1C(F)(F)F. The van der Waals surface area contributed by atoms with Gasteiger partial charge in [-0.25, -0.2) is 0 Å². The molecule has 2 atom stereocenters. The molecule has 0 aromatic carbocycles. The smallest absolute Gasteiger partial charge is 0.393 e. The third-order valence-corrected chi connectivity index (χ3v) is 2.18. The number of nitrogens with one attached hydrogen (secondary N) is 1. The van der Waals surface area contributed by atoms with E-state index >= 15 is 0 Å². The molecule has 14 heavy (non-hydrogen) atoms. The van der Waals surface area contributed by atoms with Crippen LogP contribution in [0.5, 0.6) is 0 Å². The highest BCUT2D eigenvalue weighted by Crippen LogP contribution is 2.34. The first kappa shape index (κ1) is 11.3. The van der Waals surface area contributed by atoms with E-state index in [4.69, 9.17) is 0 Å². The largest absolute Gasteiger partial charge is 0.465 e. The summed E-state index contributed by atoms with van der Waals surface area (Å²) in [4.78, 5) is 11.1. The number of rotatable bonds is 2. The average molecular weight is 211 g/mol. The van der Waals surface area contributed by atoms with Crippen molar-refractivity contribution in [3.63, 3.8) is 0 Å². The standard InChI is InChI=1S/C8H12F3NO2/c1-2-14-7(13)6-5(3-4-12-6)8(9,10)11/h5-6,12H,2-4H2,1H3/t5-,6+/m0/s1. The van der Waals surface area contributed by atoms with Crippen LogP contribution in [0.1, 0.15) is 13.3 Å². The Labute approximate surface area is 79.6 Å². The highest BCUT2D eigenvalue weighted by atomic mass is 19.4. The molecule has 1 aliphatic rings. The van der Waals surface area contributed by atoms with Gasteiger partial charge in [-0.1, -0.05) is 0 Å². The lowest BCUT2D eigenvalue weighted by Crippen LogP contribution is -2.42. The summed E-state index contributed by atoms with van der Waals surface area (Å²) in [5.74, 6) is -2.42. The summed E-state index contributed by atoms with van der Waals surface area (Å²) in [6.45, 7) is 1.87. The lowest BCUT2D eigenvalue weighted by atomic mass is 10.0. The first-order valence-corrected chi connectivity index (χ1v) is 4.43. The molecule has 0 aliphatic carbocycles. The van der Waals surface area contributed by atoms with E-state index in [1.165, 1.54) is 0 Å². The van der Waals surface area contributed by atoms with Crippen molar-refractivity contribution in [2.24, 2.45) is 5.92 Å². The Hall–Kier alpha value is -0.780. The van der Waals surface area contributed by atoms with Gasteiger partial charge in [0.2, 0.25) is 0 Å². The maximum Gasteiger partial charge on any atom is 0.393 e. The molecule has 1 saturated heterocycles. The lowest BCUT2D eigenvalue weighted by molar-refractivity contribution is -0.185. The van der Waals surface area contributed by atoms with Gasteiger partial charge < -0.3 is 10.1 Å². The first-order valence-electron chi connectivity index (χ1n) is 4.43. The van der Waals surface area contributed by atoms with Crippen LogP contribution < -0.4 is 5.32 Å². The minimum Gasteiger partial charge on any atom is -0.465 e. The summed E-state index contributed by atoms with van der Waals surface area (Å²) in [6, 6.07) is -1.23. The summed E-state index contributed by atoms with van der Waals surface area (Å²) in [5, 5.41) is 2.50. The predicted molar refractivity (Wildman–Crippen MR) is 42.6 cm³/mol. The van der Waals surface area contributed by atoms with Crippen molar-refractivity contribution < 1.29 is 22.7 Å². The number of carbonyl (C=O) groups excluding carboxylic acids is 1. The predicted octanol–water partition coefficient (Wildman–Crippen LogP) is 1.09. The molecule has 1 N–H and O–H groups in total. The molecule has 0 aromatic heterocycles. The van der Waals surface area contributed by atoms with Gasteiger partial charge in [0.15, 0.2) is 0 Å². The topological polar surface area (TPSA) is 38.3 Å². The van der Waals surface area contributed by atoms with Crippen molar-refractivity contribution >= 4 is 5.97 Å². The molecule has 6 heteroatoms. The second-order valence-corrected chi connectivity index (χ2v) is 3.12. The Bertz CT molecular complexity index is 217. The van der Waals surface area contributed by atoms with E-state index in [1.807, 2.05) is 0 Å². The highest BCUT2D eigenvalue weighted by Gasteiger charge is 2.50. The van der Waals surface area contributed by atoms with Gasteiger partial charge in [0.25, 0.3) is 0 Å². The molecule has 1 heterocycles. The van der Waals surface area contributed by atoms with Gasteiger partial charge in [-0.2, -0.15) is 13.2 Å². The zero-order valence-electron chi connectivity index (χ0n) is 7.73. The van der Waals surface area contributed by atoms with Crippen molar-refractivity contribution in [2.45, 2.75) is 25.6 Å². The number of carbonyl (C=O) groups is 1. The van der Waals surface area contributed by atoms with Crippen LogP contribution in [0.3, 0.4) is 0 Å². The molecule has 3 nitrogen and oxygen atoms in total. The van der Waals surface area contributed by atoms with Crippen molar-refractivity contribution in [3.05, 3.63) is 0 Å². The van der Waals surface area contributed by atoms with Gasteiger partial charge in [-0.15, -0.1) is 0 Å². The molecule has 1 fully saturated rings. The normalized spacial score (nSPS) is 27.7. The van der Waals surface area contributed by atoms with Crippen molar-refractivity contribution in [3.8, 4) is 0 Å². The number of hydrogen-bond acceptors (Lipinski definition) is 3. The number of hydrogen-bond donors (Lipinski definition) is 1. The molecule has 1 rings (SSSR count). The molecule has 0 saturated carbocycles. The molecule has 0 aromatic rings. The maximum atomic E-state index is 12.4. The molecule has 0 amide bonds. The fraction of sp³-hybridized carbons (Fsp3) is 0.875. The molecule has 0 unspecified atom stereocenters. The number of alkyl halides is 3. The molecule has 0 spiro atoms. The Balaban J connectivity index is 2.64. The zero-order valence-corrected chi connectivity index (χ0v) is 7.73. The molecule has 0 radical (unpaired) electrons. The highest BCUT2D eigenvalue weighted by molar-refractivity contribution is 5.76. The summed E-state index contributed by atoms with van der Waals surface area (Å²) in [7, 11) is 0. The van der Waals surface area contributed by atoms with Gasteiger partial charge >= 0.3 is 12.1 Å². The third-order valence-electron chi connectivity index (χ3n) is 2.18. The minimum absolute atomic E-state index is 0.0625. The van der Waals surface area contributed by atoms with Crippen LogP contribution in [0, 0.1) is 5.92 Å². The van der Waals surface area contributed by atoms with Crippen molar-refractivity contribution in [1.29, 1.82) is 0 Å². The van der Waals surface area contributed by atoms with Crippen LogP contribution in [0.4, 0.5) is 13.2 Å². The van der Waals surface area contributed by atoms with E-state index in [-0.39, 0.29) is 19.6 Å². The minimum atomic E-state index is -4.33. The van der Waals surface area contributed by atoms with Crippen molar-refractivity contribution in [1.82, 2.24) is 5.32 Å². The van der Waals surface area contributed by atoms with Gasteiger partial charge in [0.1, 0.15) is 6.04 Å². The molecule has 82 valence electrons. The van der Waals surface area contributed by atoms with E-state index < -0.39 is 24.1 Å². The molecular weight excluding hydrogens is 199 g/mol. The van der Waals surface area contributed by atoms with E-state index in [2.05, 4.69) is 10.1 Å². The van der Waals surface area contributed by atoms with Gasteiger partial charge in [-0.3, -0.25) is 4.79 Å². The van der Waals surface area contributed by atoms with Crippen LogP contribution in [0.15, 0.2) is 0 Å². The fourth-order valence-corrected chi connectivity index (χ4v) is 1.54. The second-order valence-electron chi connectivity index (χ2n) is 3.12. The van der Waals surface area contributed by atoms with Crippen LogP contribution in [-0.4, -0.2) is 31.3 Å². The molecule has 0 bridgehead atoms. The second kappa shape index (κ2) is 4.16. The monoisotopic (exact) mass is 211 g/mol. The van der Waals surface area contributed by atoms with Gasteiger partial charge in [0.05, 0.1) is 12.5 Å². The number of esters is 1. The Morgan fingerprint density at radius 2 is 2.21 bits per heavy atom. The van der Waals surface area contributed by atoms with Crippen molar-refractivity contribution in [2.75, 3.05) is 13.2 Å². The third kappa shape index (κ3) is 2.37. The fourth-order valence-electron chi connectivity index (χ4n) is 1.54. The van der Waals surface area contributed by atoms with Crippen LogP contribution >= 0.6 is 0 Å². The van der Waals surface area contributed by atoms with Crippen LogP contribution in [0.2, 0.25) is 0 Å². The lowest BCUT2D eigenvalue weighted by Gasteiger charge is -2.20. The summed E-state index contributed by atoms with van der Waals surface area (Å²) in [6.07, 6.45) is -4.39. The molecule has 1 aliphatic heterocycles. The van der Waals surface area contributed by atoms with E-state index in [9.17, 15) is 18.0 Å². The van der Waals surface area contributed by atoms with Crippen LogP contribution in [0.25, 0.3) is 0 Å². The number of ether oxygens (including phenoxy) is 1. The summed E-state index contributed by atoms with van der Waals surface area (Å²) < 4.78 is 41.6. The summed E-state index contributed by atoms with van der Waals surface area (Å²) in [5.41, 5.74) is 0. The Morgan fingerprint density at radius 3 is 2.71 bits per heavy atom. The zero-order chi connectivity index (χ0) is 10.8. The Morgan fingerprint density at radius 1 is 1.57 bits per heavy atom. The van der Waals surface area contributed by atoms with Crippen LogP contribution in [-0.2, 0) is 9.53 Å². The number of halogens is 3. The van der Waals surface area contributed by atoms with Gasteiger partial charge in [-0.05, 0) is 19.9 Å². The van der Waals surface area contributed by atoms with E-state index in [1.54, 1.807) is 6.92 Å². The first-order chi connectivity index (χ1) is 6.46. The van der Waals surface area contributed by atoms with E-state index in [0.29, 0.717) is 0 Å². The maximum absolute atomic E-state index is 12.4. The average Bonchev–Trinajstić information content (AvgIpc) is 2.50. The Kier molecular flexibility index (Phi) is 3.36. The van der Waals surface area contributed by atoms with E-state index in [0.717, 1.165) is 0 Å². The summed E-state index contributed by atoms with van der Waals surface area (Å²) >= 11 is 0.